The van der Waals surface area contributed by atoms with E-state index in [4.69, 9.17) is 4.52 Å². The second kappa shape index (κ2) is 8.82. The van der Waals surface area contributed by atoms with Gasteiger partial charge in [-0.1, -0.05) is 24.6 Å². The molecule has 0 atom stereocenters. The molecule has 0 aliphatic rings. The predicted octanol–water partition coefficient (Wildman–Crippen LogP) is 7.09. The van der Waals surface area contributed by atoms with Gasteiger partial charge in [-0.05, 0) is 60.9 Å². The average molecular weight is 475 g/mol. The van der Waals surface area contributed by atoms with Gasteiger partial charge in [0.1, 0.15) is 0 Å². The van der Waals surface area contributed by atoms with Crippen molar-refractivity contribution in [2.45, 2.75) is 52.6 Å². The summed E-state index contributed by atoms with van der Waals surface area (Å²) in [5.74, 6) is -0.0703. The van der Waals surface area contributed by atoms with Gasteiger partial charge in [-0.2, -0.15) is 13.2 Å². The number of aryl methyl sites for hydroxylation is 4. The lowest BCUT2D eigenvalue weighted by molar-refractivity contribution is -0.137. The summed E-state index contributed by atoms with van der Waals surface area (Å²) in [7, 11) is 1.72. The Morgan fingerprint density at radius 3 is 2.55 bits per heavy atom. The summed E-state index contributed by atoms with van der Waals surface area (Å²) in [6.07, 6.45) is -1.33. The Labute approximate surface area is 194 Å². The zero-order chi connectivity index (χ0) is 23.9. The van der Waals surface area contributed by atoms with Gasteiger partial charge in [-0.3, -0.25) is 4.79 Å². The molecule has 0 aliphatic heterocycles. The lowest BCUT2D eigenvalue weighted by Crippen LogP contribution is -2.23. The number of hydrogen-bond donors (Lipinski definition) is 0. The first-order chi connectivity index (χ1) is 15.6. The molecule has 0 bridgehead atoms. The number of carbonyl (C=O) groups is 1. The molecule has 1 amide bonds. The SMILES string of the molecule is CCCc1c(CCc2noc3cc(N(C)C(C)=O)c(C)cc23)sc2cc(C(F)(F)F)ccc12. The summed E-state index contributed by atoms with van der Waals surface area (Å²) in [6.45, 7) is 5.52. The van der Waals surface area contributed by atoms with E-state index in [1.165, 1.54) is 30.4 Å². The molecule has 4 aromatic rings. The molecular weight excluding hydrogens is 449 g/mol. The van der Waals surface area contributed by atoms with Gasteiger partial charge >= 0.3 is 6.18 Å². The topological polar surface area (TPSA) is 46.3 Å². The molecular formula is C25H25F3N2O2S. The molecule has 8 heteroatoms. The molecule has 2 aromatic carbocycles. The van der Waals surface area contributed by atoms with E-state index >= 15 is 0 Å². The second-order valence-electron chi connectivity index (χ2n) is 8.30. The van der Waals surface area contributed by atoms with Crippen molar-refractivity contribution in [3.63, 3.8) is 0 Å². The van der Waals surface area contributed by atoms with Crippen molar-refractivity contribution in [1.29, 1.82) is 0 Å². The Morgan fingerprint density at radius 1 is 1.12 bits per heavy atom. The number of carbonyl (C=O) groups excluding carboxylic acids is 1. The molecule has 4 nitrogen and oxygen atoms in total. The highest BCUT2D eigenvalue weighted by Crippen LogP contribution is 2.38. The normalized spacial score (nSPS) is 12.1. The molecule has 0 aliphatic carbocycles. The Morgan fingerprint density at radius 2 is 1.88 bits per heavy atom. The van der Waals surface area contributed by atoms with Crippen LogP contribution in [0.15, 0.2) is 34.9 Å². The molecule has 174 valence electrons. The zero-order valence-corrected chi connectivity index (χ0v) is 19.8. The number of thiophene rings is 1. The second-order valence-corrected chi connectivity index (χ2v) is 9.44. The highest BCUT2D eigenvalue weighted by atomic mass is 32.1. The fourth-order valence-electron chi connectivity index (χ4n) is 4.18. The van der Waals surface area contributed by atoms with E-state index in [9.17, 15) is 18.0 Å². The van der Waals surface area contributed by atoms with E-state index in [0.717, 1.165) is 51.0 Å². The molecule has 0 fully saturated rings. The summed E-state index contributed by atoms with van der Waals surface area (Å²) < 4.78 is 45.7. The number of rotatable bonds is 6. The Hall–Kier alpha value is -2.87. The van der Waals surface area contributed by atoms with Crippen molar-refractivity contribution in [3.05, 3.63) is 57.6 Å². The Kier molecular flexibility index (Phi) is 6.22. The van der Waals surface area contributed by atoms with Crippen LogP contribution in [-0.2, 0) is 30.2 Å². The fourth-order valence-corrected chi connectivity index (χ4v) is 5.47. The molecule has 2 heterocycles. The maximum Gasteiger partial charge on any atom is 0.416 e. The summed E-state index contributed by atoms with van der Waals surface area (Å²) >= 11 is 1.43. The minimum absolute atomic E-state index is 0.0703. The van der Waals surface area contributed by atoms with Crippen molar-refractivity contribution in [2.75, 3.05) is 11.9 Å². The van der Waals surface area contributed by atoms with Crippen LogP contribution in [0, 0.1) is 6.92 Å². The first-order valence-electron chi connectivity index (χ1n) is 10.8. The number of alkyl halides is 3. The number of nitrogens with zero attached hydrogens (tertiary/aromatic N) is 2. The summed E-state index contributed by atoms with van der Waals surface area (Å²) in [5.41, 5.74) is 3.64. The summed E-state index contributed by atoms with van der Waals surface area (Å²) in [6, 6.07) is 7.82. The van der Waals surface area contributed by atoms with Gasteiger partial charge in [0.15, 0.2) is 5.58 Å². The molecule has 0 radical (unpaired) electrons. The van der Waals surface area contributed by atoms with Crippen LogP contribution in [0.2, 0.25) is 0 Å². The maximum absolute atomic E-state index is 13.2. The van der Waals surface area contributed by atoms with Gasteiger partial charge in [0, 0.05) is 35.0 Å². The molecule has 4 rings (SSSR count). The predicted molar refractivity (Wildman–Crippen MR) is 126 cm³/mol. The van der Waals surface area contributed by atoms with Crippen LogP contribution >= 0.6 is 11.3 Å². The van der Waals surface area contributed by atoms with E-state index in [-0.39, 0.29) is 5.91 Å². The van der Waals surface area contributed by atoms with E-state index < -0.39 is 11.7 Å². The number of aromatic nitrogens is 1. The van der Waals surface area contributed by atoms with Crippen molar-refractivity contribution < 1.29 is 22.5 Å². The molecule has 2 aromatic heterocycles. The number of amides is 1. The average Bonchev–Trinajstić information content (AvgIpc) is 3.30. The standard InChI is InChI=1S/C25H25F3N2O2S/c1-5-6-17-18-8-7-16(25(26,27)28)12-24(18)33-23(17)10-9-20-19-11-14(2)21(30(4)15(3)31)13-22(19)32-29-20/h7-8,11-13H,5-6,9-10H2,1-4H3. The number of fused-ring (bicyclic) bond motifs is 2. The molecule has 0 unspecified atom stereocenters. The number of benzene rings is 2. The van der Waals surface area contributed by atoms with Crippen molar-refractivity contribution in [2.24, 2.45) is 0 Å². The first-order valence-corrected chi connectivity index (χ1v) is 11.7. The van der Waals surface area contributed by atoms with Crippen LogP contribution in [0.25, 0.3) is 21.1 Å². The van der Waals surface area contributed by atoms with Crippen LogP contribution in [0.5, 0.6) is 0 Å². The summed E-state index contributed by atoms with van der Waals surface area (Å²) in [4.78, 5) is 14.4. The van der Waals surface area contributed by atoms with Crippen molar-refractivity contribution in [3.8, 4) is 0 Å². The lowest BCUT2D eigenvalue weighted by Gasteiger charge is -2.17. The molecule has 0 saturated heterocycles. The number of halogens is 3. The molecule has 33 heavy (non-hydrogen) atoms. The van der Waals surface area contributed by atoms with Crippen LogP contribution in [-0.4, -0.2) is 18.1 Å². The van der Waals surface area contributed by atoms with Gasteiger partial charge < -0.3 is 9.42 Å². The van der Waals surface area contributed by atoms with Crippen LogP contribution in [0.3, 0.4) is 0 Å². The van der Waals surface area contributed by atoms with E-state index in [1.807, 2.05) is 19.1 Å². The summed E-state index contributed by atoms with van der Waals surface area (Å²) in [5, 5.41) is 6.05. The van der Waals surface area contributed by atoms with Gasteiger partial charge in [0.05, 0.1) is 16.9 Å². The van der Waals surface area contributed by atoms with Crippen molar-refractivity contribution in [1.82, 2.24) is 5.16 Å². The maximum atomic E-state index is 13.2. The van der Waals surface area contributed by atoms with Gasteiger partial charge in [0.25, 0.3) is 0 Å². The molecule has 0 spiro atoms. The van der Waals surface area contributed by atoms with Gasteiger partial charge in [-0.25, -0.2) is 0 Å². The largest absolute Gasteiger partial charge is 0.416 e. The first kappa shape index (κ1) is 23.3. The van der Waals surface area contributed by atoms with Gasteiger partial charge in [-0.15, -0.1) is 11.3 Å². The smallest absolute Gasteiger partial charge is 0.356 e. The Bertz CT molecular complexity index is 1340. The lowest BCUT2D eigenvalue weighted by atomic mass is 10.0. The van der Waals surface area contributed by atoms with Crippen molar-refractivity contribution >= 4 is 44.0 Å². The minimum Gasteiger partial charge on any atom is -0.356 e. The van der Waals surface area contributed by atoms with E-state index in [1.54, 1.807) is 18.0 Å². The van der Waals surface area contributed by atoms with E-state index in [0.29, 0.717) is 23.1 Å². The number of hydrogen-bond acceptors (Lipinski definition) is 4. The van der Waals surface area contributed by atoms with Crippen LogP contribution in [0.1, 0.15) is 47.5 Å². The fraction of sp³-hybridized carbons (Fsp3) is 0.360. The third-order valence-electron chi connectivity index (χ3n) is 5.99. The van der Waals surface area contributed by atoms with E-state index in [2.05, 4.69) is 12.1 Å². The third-order valence-corrected chi connectivity index (χ3v) is 7.24. The quantitative estimate of drug-likeness (QED) is 0.300. The minimum atomic E-state index is -4.35. The van der Waals surface area contributed by atoms with Gasteiger partial charge in [0.2, 0.25) is 5.91 Å². The number of anilines is 1. The molecule has 0 saturated carbocycles. The highest BCUT2D eigenvalue weighted by Gasteiger charge is 2.31. The monoisotopic (exact) mass is 474 g/mol. The highest BCUT2D eigenvalue weighted by molar-refractivity contribution is 7.19. The molecule has 0 N–H and O–H groups in total. The van der Waals surface area contributed by atoms with Crippen LogP contribution in [0.4, 0.5) is 18.9 Å². The van der Waals surface area contributed by atoms with Crippen LogP contribution < -0.4 is 4.90 Å². The zero-order valence-electron chi connectivity index (χ0n) is 19.0. The Balaban J connectivity index is 1.66. The third kappa shape index (κ3) is 4.49.